The monoisotopic (exact) mass is 646 g/mol. The molecule has 1 aromatic heterocycles. The van der Waals surface area contributed by atoms with Crippen molar-refractivity contribution in [3.63, 3.8) is 0 Å². The number of benzene rings is 2. The van der Waals surface area contributed by atoms with Gasteiger partial charge < -0.3 is 25.7 Å². The first-order chi connectivity index (χ1) is 14.6. The predicted octanol–water partition coefficient (Wildman–Crippen LogP) is 3.94. The van der Waals surface area contributed by atoms with Crippen molar-refractivity contribution in [2.45, 2.75) is 25.8 Å². The van der Waals surface area contributed by atoms with Crippen LogP contribution >= 0.6 is 45.2 Å². The molecule has 5 N–H and O–H groups in total. The zero-order chi connectivity index (χ0) is 22.7. The highest BCUT2D eigenvalue weighted by Crippen LogP contribution is 2.37. The van der Waals surface area contributed by atoms with Crippen molar-refractivity contribution >= 4 is 51.2 Å². The molecule has 0 spiro atoms. The van der Waals surface area contributed by atoms with Gasteiger partial charge in [0.1, 0.15) is 17.5 Å². The van der Waals surface area contributed by atoms with Crippen molar-refractivity contribution in [1.82, 2.24) is 4.98 Å². The molecular formula is C22H20I2N2O5. The summed E-state index contributed by atoms with van der Waals surface area (Å²) in [6.07, 6.45) is 2.28. The molecule has 0 bridgehead atoms. The number of phenolic OH excluding ortho intramolecular Hbond substituents is 1. The van der Waals surface area contributed by atoms with Gasteiger partial charge in [0.05, 0.1) is 7.14 Å². The number of aromatic amines is 1. The SMILES string of the molecule is Cc1cc(O)c(Cc2ccc(=O)[nH]c2)cc1Oc1c(I)cc(C[C@H](N)C(=O)O)cc1I. The van der Waals surface area contributed by atoms with Gasteiger partial charge in [-0.05, 0) is 99.5 Å². The zero-order valence-corrected chi connectivity index (χ0v) is 20.8. The number of ether oxygens (including phenoxy) is 1. The van der Waals surface area contributed by atoms with Crippen LogP contribution in [0.3, 0.4) is 0 Å². The number of carbonyl (C=O) groups is 1. The van der Waals surface area contributed by atoms with E-state index in [1.165, 1.54) is 6.07 Å². The molecule has 0 aliphatic rings. The van der Waals surface area contributed by atoms with E-state index in [-0.39, 0.29) is 17.7 Å². The van der Waals surface area contributed by atoms with Crippen LogP contribution in [0.4, 0.5) is 0 Å². The van der Waals surface area contributed by atoms with E-state index in [9.17, 15) is 14.7 Å². The lowest BCUT2D eigenvalue weighted by Crippen LogP contribution is -2.32. The maximum atomic E-state index is 11.3. The molecule has 2 aromatic carbocycles. The largest absolute Gasteiger partial charge is 0.508 e. The minimum absolute atomic E-state index is 0.151. The topological polar surface area (TPSA) is 126 Å². The Bertz CT molecular complexity index is 1150. The van der Waals surface area contributed by atoms with Crippen LogP contribution in [-0.4, -0.2) is 27.2 Å². The minimum Gasteiger partial charge on any atom is -0.508 e. The van der Waals surface area contributed by atoms with Gasteiger partial charge in [0.2, 0.25) is 5.56 Å². The molecule has 7 nitrogen and oxygen atoms in total. The Labute approximate surface area is 205 Å². The first-order valence-electron chi connectivity index (χ1n) is 9.28. The summed E-state index contributed by atoms with van der Waals surface area (Å²) in [5.41, 5.74) is 8.58. The third-order valence-electron chi connectivity index (χ3n) is 4.66. The van der Waals surface area contributed by atoms with Gasteiger partial charge in [0.15, 0.2) is 5.75 Å². The van der Waals surface area contributed by atoms with Gasteiger partial charge in [-0.1, -0.05) is 6.07 Å². The molecule has 0 aliphatic carbocycles. The summed E-state index contributed by atoms with van der Waals surface area (Å²) >= 11 is 4.30. The quantitative estimate of drug-likeness (QED) is 0.289. The fraction of sp³-hybridized carbons (Fsp3) is 0.182. The summed E-state index contributed by atoms with van der Waals surface area (Å²) in [5.74, 6) is 0.360. The lowest BCUT2D eigenvalue weighted by Gasteiger charge is -2.16. The summed E-state index contributed by atoms with van der Waals surface area (Å²) in [6.45, 7) is 1.85. The second-order valence-corrected chi connectivity index (χ2v) is 9.45. The highest BCUT2D eigenvalue weighted by Gasteiger charge is 2.17. The maximum Gasteiger partial charge on any atom is 0.320 e. The number of aromatic nitrogens is 1. The van der Waals surface area contributed by atoms with E-state index in [2.05, 4.69) is 50.2 Å². The maximum absolute atomic E-state index is 11.3. The molecule has 0 saturated heterocycles. The van der Waals surface area contributed by atoms with Gasteiger partial charge >= 0.3 is 5.97 Å². The molecule has 1 heterocycles. The van der Waals surface area contributed by atoms with E-state index in [1.54, 1.807) is 24.4 Å². The number of nitrogens with one attached hydrogen (secondary N) is 1. The molecule has 9 heteroatoms. The van der Waals surface area contributed by atoms with Crippen LogP contribution < -0.4 is 16.0 Å². The van der Waals surface area contributed by atoms with Crippen LogP contribution in [0.15, 0.2) is 47.4 Å². The van der Waals surface area contributed by atoms with Crippen LogP contribution in [0, 0.1) is 14.1 Å². The summed E-state index contributed by atoms with van der Waals surface area (Å²) in [6, 6.07) is 9.35. The molecule has 0 radical (unpaired) electrons. The number of rotatable bonds is 7. The summed E-state index contributed by atoms with van der Waals surface area (Å²) in [4.78, 5) is 24.9. The van der Waals surface area contributed by atoms with E-state index >= 15 is 0 Å². The van der Waals surface area contributed by atoms with Crippen LogP contribution in [0.1, 0.15) is 22.3 Å². The third kappa shape index (κ3) is 5.98. The van der Waals surface area contributed by atoms with Gasteiger partial charge in [-0.3, -0.25) is 9.59 Å². The predicted molar refractivity (Wildman–Crippen MR) is 134 cm³/mol. The van der Waals surface area contributed by atoms with Gasteiger partial charge in [-0.2, -0.15) is 0 Å². The summed E-state index contributed by atoms with van der Waals surface area (Å²) in [7, 11) is 0. The van der Waals surface area contributed by atoms with Gasteiger partial charge in [0.25, 0.3) is 0 Å². The Morgan fingerprint density at radius 3 is 2.42 bits per heavy atom. The van der Waals surface area contributed by atoms with E-state index in [0.717, 1.165) is 23.8 Å². The number of hydrogen-bond acceptors (Lipinski definition) is 5. The van der Waals surface area contributed by atoms with E-state index < -0.39 is 12.0 Å². The Morgan fingerprint density at radius 2 is 1.84 bits per heavy atom. The molecule has 0 fully saturated rings. The molecule has 31 heavy (non-hydrogen) atoms. The fourth-order valence-corrected chi connectivity index (χ4v) is 5.14. The molecule has 162 valence electrons. The first kappa shape index (κ1) is 23.5. The van der Waals surface area contributed by atoms with Gasteiger partial charge in [-0.15, -0.1) is 0 Å². The molecule has 0 aliphatic heterocycles. The Morgan fingerprint density at radius 1 is 1.16 bits per heavy atom. The van der Waals surface area contributed by atoms with E-state index in [1.807, 2.05) is 19.1 Å². The van der Waals surface area contributed by atoms with Gasteiger partial charge in [-0.25, -0.2) is 0 Å². The molecule has 1 atom stereocenters. The standard InChI is InChI=1S/C22H20I2N2O5/c1-11-4-18(27)14(5-12-2-3-20(28)26-10-12)9-19(11)31-21-15(23)6-13(7-16(21)24)8-17(25)22(29)30/h2-4,6-7,9-10,17,27H,5,8,25H2,1H3,(H,26,28)(H,29,30)/t17-/m0/s1. The number of halogens is 2. The van der Waals surface area contributed by atoms with Crippen molar-refractivity contribution in [2.75, 3.05) is 0 Å². The number of pyridine rings is 1. The lowest BCUT2D eigenvalue weighted by atomic mass is 10.0. The highest BCUT2D eigenvalue weighted by atomic mass is 127. The fourth-order valence-electron chi connectivity index (χ4n) is 3.02. The number of nitrogens with two attached hydrogens (primary N) is 1. The Balaban J connectivity index is 1.89. The second-order valence-electron chi connectivity index (χ2n) is 7.12. The Hall–Kier alpha value is -2.12. The number of carboxylic acids is 1. The Kier molecular flexibility index (Phi) is 7.59. The van der Waals surface area contributed by atoms with Crippen LogP contribution in [0.25, 0.3) is 0 Å². The molecule has 0 amide bonds. The third-order valence-corrected chi connectivity index (χ3v) is 6.26. The van der Waals surface area contributed by atoms with Crippen LogP contribution in [0.2, 0.25) is 0 Å². The molecule has 0 saturated carbocycles. The number of aliphatic carboxylic acids is 1. The molecule has 3 rings (SSSR count). The van der Waals surface area contributed by atoms with Crippen molar-refractivity contribution in [3.05, 3.63) is 82.3 Å². The smallest absolute Gasteiger partial charge is 0.320 e. The van der Waals surface area contributed by atoms with Crippen molar-refractivity contribution in [2.24, 2.45) is 5.73 Å². The van der Waals surface area contributed by atoms with Crippen molar-refractivity contribution in [3.8, 4) is 17.2 Å². The van der Waals surface area contributed by atoms with Crippen molar-refractivity contribution < 1.29 is 19.7 Å². The summed E-state index contributed by atoms with van der Waals surface area (Å²) in [5, 5.41) is 19.4. The van der Waals surface area contributed by atoms with Crippen LogP contribution in [0.5, 0.6) is 17.2 Å². The molecule has 3 aromatic rings. The number of aryl methyl sites for hydroxylation is 1. The normalized spacial score (nSPS) is 11.9. The number of carboxylic acid groups (broad SMARTS) is 1. The number of H-pyrrole nitrogens is 1. The van der Waals surface area contributed by atoms with Crippen LogP contribution in [-0.2, 0) is 17.6 Å². The average Bonchev–Trinajstić information content (AvgIpc) is 2.69. The van der Waals surface area contributed by atoms with E-state index in [4.69, 9.17) is 15.6 Å². The first-order valence-corrected chi connectivity index (χ1v) is 11.4. The number of hydrogen-bond donors (Lipinski definition) is 4. The van der Waals surface area contributed by atoms with E-state index in [0.29, 0.717) is 23.5 Å². The number of phenols is 1. The zero-order valence-electron chi connectivity index (χ0n) is 16.5. The van der Waals surface area contributed by atoms with Gasteiger partial charge in [0, 0.05) is 24.2 Å². The van der Waals surface area contributed by atoms with Crippen molar-refractivity contribution in [1.29, 1.82) is 0 Å². The highest BCUT2D eigenvalue weighted by molar-refractivity contribution is 14.1. The average molecular weight is 646 g/mol. The number of aromatic hydroxyl groups is 1. The molecule has 0 unspecified atom stereocenters. The lowest BCUT2D eigenvalue weighted by molar-refractivity contribution is -0.138. The second kappa shape index (κ2) is 10.0. The minimum atomic E-state index is -1.04. The molecular weight excluding hydrogens is 626 g/mol. The summed E-state index contributed by atoms with van der Waals surface area (Å²) < 4.78 is 7.85.